The third-order valence-corrected chi connectivity index (χ3v) is 3.59. The quantitative estimate of drug-likeness (QED) is 0.866. The Hall–Kier alpha value is -1.77. The second-order valence-electron chi connectivity index (χ2n) is 6.98. The second-order valence-corrected chi connectivity index (χ2v) is 6.98. The minimum atomic E-state index is -0.0510. The maximum atomic E-state index is 11.6. The lowest BCUT2D eigenvalue weighted by Gasteiger charge is -2.19. The standard InChI is InChI=1S/C18H25NO2/c1-12(2)8-17(20)19-11-15-10-13-9-14(18(3,4)5)6-7-16(13)21-15/h6-9,15H,10-11H2,1-5H3,(H,19,20)/t15-/m0/s1. The summed E-state index contributed by atoms with van der Waals surface area (Å²) in [5.74, 6) is 0.898. The molecule has 0 radical (unpaired) electrons. The van der Waals surface area contributed by atoms with Crippen molar-refractivity contribution in [1.29, 1.82) is 0 Å². The topological polar surface area (TPSA) is 38.3 Å². The Bertz CT molecular complexity index is 563. The molecule has 1 heterocycles. The summed E-state index contributed by atoms with van der Waals surface area (Å²) in [6.07, 6.45) is 2.50. The van der Waals surface area contributed by atoms with Crippen molar-refractivity contribution in [2.75, 3.05) is 6.54 Å². The number of allylic oxidation sites excluding steroid dienone is 1. The molecule has 1 aliphatic rings. The van der Waals surface area contributed by atoms with Crippen LogP contribution >= 0.6 is 0 Å². The zero-order valence-electron chi connectivity index (χ0n) is 13.6. The van der Waals surface area contributed by atoms with Crippen molar-refractivity contribution in [2.24, 2.45) is 0 Å². The van der Waals surface area contributed by atoms with E-state index in [0.717, 1.165) is 17.7 Å². The van der Waals surface area contributed by atoms with Crippen LogP contribution in [0.3, 0.4) is 0 Å². The van der Waals surface area contributed by atoms with E-state index < -0.39 is 0 Å². The molecule has 3 heteroatoms. The molecule has 0 bridgehead atoms. The van der Waals surface area contributed by atoms with Gasteiger partial charge in [0.1, 0.15) is 11.9 Å². The highest BCUT2D eigenvalue weighted by Crippen LogP contribution is 2.33. The largest absolute Gasteiger partial charge is 0.488 e. The average molecular weight is 287 g/mol. The van der Waals surface area contributed by atoms with E-state index in [2.05, 4.69) is 38.2 Å². The lowest BCUT2D eigenvalue weighted by Crippen LogP contribution is -2.33. The van der Waals surface area contributed by atoms with Crippen molar-refractivity contribution in [1.82, 2.24) is 5.32 Å². The Morgan fingerprint density at radius 3 is 2.71 bits per heavy atom. The molecule has 1 N–H and O–H groups in total. The number of amides is 1. The van der Waals surface area contributed by atoms with Crippen molar-refractivity contribution < 1.29 is 9.53 Å². The van der Waals surface area contributed by atoms with E-state index in [1.165, 1.54) is 11.1 Å². The minimum absolute atomic E-state index is 0.0322. The molecule has 1 aliphatic heterocycles. The number of hydrogen-bond donors (Lipinski definition) is 1. The highest BCUT2D eigenvalue weighted by molar-refractivity contribution is 5.88. The Labute approximate surface area is 127 Å². The van der Waals surface area contributed by atoms with Gasteiger partial charge >= 0.3 is 0 Å². The zero-order valence-corrected chi connectivity index (χ0v) is 13.6. The van der Waals surface area contributed by atoms with Crippen LogP contribution in [0.1, 0.15) is 45.7 Å². The number of hydrogen-bond acceptors (Lipinski definition) is 2. The molecule has 21 heavy (non-hydrogen) atoms. The number of carbonyl (C=O) groups is 1. The molecule has 1 aromatic rings. The summed E-state index contributed by atoms with van der Waals surface area (Å²) in [6, 6.07) is 6.41. The molecule has 2 rings (SSSR count). The van der Waals surface area contributed by atoms with Crippen LogP contribution in [0.5, 0.6) is 5.75 Å². The molecule has 0 unspecified atom stereocenters. The van der Waals surface area contributed by atoms with Crippen molar-refractivity contribution in [3.05, 3.63) is 41.0 Å². The van der Waals surface area contributed by atoms with Crippen LogP contribution in [-0.2, 0) is 16.6 Å². The molecule has 0 saturated carbocycles. The number of benzene rings is 1. The van der Waals surface area contributed by atoms with Gasteiger partial charge in [0.05, 0.1) is 6.54 Å². The van der Waals surface area contributed by atoms with Crippen molar-refractivity contribution in [3.8, 4) is 5.75 Å². The molecule has 1 atom stereocenters. The molecule has 0 saturated heterocycles. The predicted octanol–water partition coefficient (Wildman–Crippen LogP) is 3.37. The first kappa shape index (κ1) is 15.6. The van der Waals surface area contributed by atoms with Gasteiger partial charge in [-0.25, -0.2) is 0 Å². The molecule has 0 aromatic heterocycles. The summed E-state index contributed by atoms with van der Waals surface area (Å²) >= 11 is 0. The third kappa shape index (κ3) is 4.10. The van der Waals surface area contributed by atoms with Crippen LogP contribution in [-0.4, -0.2) is 18.6 Å². The number of fused-ring (bicyclic) bond motifs is 1. The summed E-state index contributed by atoms with van der Waals surface area (Å²) in [5.41, 5.74) is 3.70. The van der Waals surface area contributed by atoms with Crippen LogP contribution in [0, 0.1) is 0 Å². The van der Waals surface area contributed by atoms with Crippen molar-refractivity contribution in [2.45, 2.75) is 52.6 Å². The molecule has 1 aromatic carbocycles. The van der Waals surface area contributed by atoms with Gasteiger partial charge in [0.15, 0.2) is 0 Å². The van der Waals surface area contributed by atoms with E-state index in [1.54, 1.807) is 6.08 Å². The van der Waals surface area contributed by atoms with E-state index >= 15 is 0 Å². The van der Waals surface area contributed by atoms with Gasteiger partial charge in [-0.2, -0.15) is 0 Å². The predicted molar refractivity (Wildman–Crippen MR) is 85.7 cm³/mol. The lowest BCUT2D eigenvalue weighted by atomic mass is 9.86. The molecule has 0 fully saturated rings. The van der Waals surface area contributed by atoms with Gasteiger partial charge in [-0.05, 0) is 36.5 Å². The molecular formula is C18H25NO2. The average Bonchev–Trinajstić information content (AvgIpc) is 2.76. The minimum Gasteiger partial charge on any atom is -0.488 e. The van der Waals surface area contributed by atoms with E-state index in [0.29, 0.717) is 6.54 Å². The summed E-state index contributed by atoms with van der Waals surface area (Å²) in [5, 5.41) is 2.90. The van der Waals surface area contributed by atoms with Gasteiger partial charge in [-0.1, -0.05) is 38.5 Å². The number of ether oxygens (including phenoxy) is 1. The Morgan fingerprint density at radius 1 is 1.38 bits per heavy atom. The number of nitrogens with one attached hydrogen (secondary N) is 1. The molecule has 0 aliphatic carbocycles. The molecular weight excluding hydrogens is 262 g/mol. The lowest BCUT2D eigenvalue weighted by molar-refractivity contribution is -0.116. The monoisotopic (exact) mass is 287 g/mol. The van der Waals surface area contributed by atoms with Crippen LogP contribution in [0.25, 0.3) is 0 Å². The maximum Gasteiger partial charge on any atom is 0.244 e. The van der Waals surface area contributed by atoms with Crippen LogP contribution in [0.15, 0.2) is 29.8 Å². The molecule has 3 nitrogen and oxygen atoms in total. The van der Waals surface area contributed by atoms with Crippen LogP contribution in [0.4, 0.5) is 0 Å². The van der Waals surface area contributed by atoms with Gasteiger partial charge < -0.3 is 10.1 Å². The number of carbonyl (C=O) groups excluding carboxylic acids is 1. The fourth-order valence-electron chi connectivity index (χ4n) is 2.43. The Kier molecular flexibility index (Phi) is 4.40. The summed E-state index contributed by atoms with van der Waals surface area (Å²) in [4.78, 5) is 11.6. The van der Waals surface area contributed by atoms with Crippen molar-refractivity contribution in [3.63, 3.8) is 0 Å². The van der Waals surface area contributed by atoms with E-state index in [9.17, 15) is 4.79 Å². The Balaban J connectivity index is 1.97. The first-order valence-corrected chi connectivity index (χ1v) is 7.48. The van der Waals surface area contributed by atoms with Crippen LogP contribution < -0.4 is 10.1 Å². The van der Waals surface area contributed by atoms with Gasteiger partial charge in [-0.3, -0.25) is 4.79 Å². The molecule has 1 amide bonds. The summed E-state index contributed by atoms with van der Waals surface area (Å²) in [7, 11) is 0. The van der Waals surface area contributed by atoms with Gasteiger partial charge in [0.25, 0.3) is 0 Å². The summed E-state index contributed by atoms with van der Waals surface area (Å²) in [6.45, 7) is 11.0. The maximum absolute atomic E-state index is 11.6. The zero-order chi connectivity index (χ0) is 15.6. The van der Waals surface area contributed by atoms with Gasteiger partial charge in [-0.15, -0.1) is 0 Å². The highest BCUT2D eigenvalue weighted by Gasteiger charge is 2.25. The van der Waals surface area contributed by atoms with Gasteiger partial charge in [0.2, 0.25) is 5.91 Å². The normalized spacial score (nSPS) is 16.9. The van der Waals surface area contributed by atoms with E-state index in [1.807, 2.05) is 19.9 Å². The first-order valence-electron chi connectivity index (χ1n) is 7.48. The molecule has 114 valence electrons. The summed E-state index contributed by atoms with van der Waals surface area (Å²) < 4.78 is 5.89. The van der Waals surface area contributed by atoms with Gasteiger partial charge in [0, 0.05) is 12.5 Å². The smallest absolute Gasteiger partial charge is 0.244 e. The fraction of sp³-hybridized carbons (Fsp3) is 0.500. The Morgan fingerprint density at radius 2 is 2.10 bits per heavy atom. The van der Waals surface area contributed by atoms with Crippen LogP contribution in [0.2, 0.25) is 0 Å². The number of rotatable bonds is 3. The highest BCUT2D eigenvalue weighted by atomic mass is 16.5. The van der Waals surface area contributed by atoms with Crippen molar-refractivity contribution >= 4 is 5.91 Å². The van der Waals surface area contributed by atoms with E-state index in [-0.39, 0.29) is 17.4 Å². The molecule has 0 spiro atoms. The SMILES string of the molecule is CC(C)=CC(=O)NC[C@@H]1Cc2cc(C(C)(C)C)ccc2O1. The second kappa shape index (κ2) is 5.92. The van der Waals surface area contributed by atoms with E-state index in [4.69, 9.17) is 4.74 Å². The fourth-order valence-corrected chi connectivity index (χ4v) is 2.43. The first-order chi connectivity index (χ1) is 9.75. The third-order valence-electron chi connectivity index (χ3n) is 3.59.